The van der Waals surface area contributed by atoms with Crippen LogP contribution in [-0.4, -0.2) is 23.1 Å². The number of hydrogen-bond acceptors (Lipinski definition) is 2. The Morgan fingerprint density at radius 1 is 1.75 bits per heavy atom. The van der Waals surface area contributed by atoms with Crippen molar-refractivity contribution < 1.29 is 0 Å². The fraction of sp³-hybridized carbons (Fsp3) is 0.800. The second kappa shape index (κ2) is 4.33. The summed E-state index contributed by atoms with van der Waals surface area (Å²) in [5.74, 6) is 1.33. The monoisotopic (exact) mass is 185 g/mol. The number of hydrogen-bond donors (Lipinski definition) is 1. The van der Waals surface area contributed by atoms with E-state index in [9.17, 15) is 0 Å². The summed E-state index contributed by atoms with van der Waals surface area (Å²) in [6, 6.07) is 0.447. The third kappa shape index (κ3) is 2.83. The van der Waals surface area contributed by atoms with Gasteiger partial charge in [0.1, 0.15) is 0 Å². The zero-order chi connectivity index (χ0) is 9.03. The van der Waals surface area contributed by atoms with E-state index >= 15 is 0 Å². The lowest BCUT2D eigenvalue weighted by atomic mass is 10.1. The summed E-state index contributed by atoms with van der Waals surface area (Å²) in [7, 11) is 0. The quantitative estimate of drug-likeness (QED) is 0.675. The second-order valence-electron chi connectivity index (χ2n) is 3.81. The summed E-state index contributed by atoms with van der Waals surface area (Å²) in [6.07, 6.45) is 4.70. The molecule has 12 heavy (non-hydrogen) atoms. The number of rotatable bonds is 4. The summed E-state index contributed by atoms with van der Waals surface area (Å²) < 4.78 is 0.483. The van der Waals surface area contributed by atoms with Gasteiger partial charge in [0.25, 0.3) is 0 Å². The van der Waals surface area contributed by atoms with Crippen molar-refractivity contribution in [3.63, 3.8) is 0 Å². The van der Waals surface area contributed by atoms with Gasteiger partial charge in [-0.15, -0.1) is 6.58 Å². The predicted octanol–water partition coefficient (Wildman–Crippen LogP) is 2.44. The maximum atomic E-state index is 3.76. The highest BCUT2D eigenvalue weighted by molar-refractivity contribution is 8.00. The van der Waals surface area contributed by atoms with Gasteiger partial charge >= 0.3 is 0 Å². The smallest absolute Gasteiger partial charge is 0.0256 e. The van der Waals surface area contributed by atoms with Crippen LogP contribution in [0.25, 0.3) is 0 Å². The van der Waals surface area contributed by atoms with Crippen LogP contribution in [0, 0.1) is 0 Å². The molecule has 1 rings (SSSR count). The molecule has 1 heterocycles. The summed E-state index contributed by atoms with van der Waals surface area (Å²) in [6.45, 7) is 9.38. The van der Waals surface area contributed by atoms with Gasteiger partial charge in [-0.3, -0.25) is 0 Å². The summed E-state index contributed by atoms with van der Waals surface area (Å²) in [4.78, 5) is 0. The van der Waals surface area contributed by atoms with E-state index in [4.69, 9.17) is 0 Å². The molecule has 1 saturated heterocycles. The highest BCUT2D eigenvalue weighted by atomic mass is 32.2. The third-order valence-corrected chi connectivity index (χ3v) is 3.99. The van der Waals surface area contributed by atoms with Crippen molar-refractivity contribution in [3.05, 3.63) is 12.7 Å². The van der Waals surface area contributed by atoms with E-state index in [0.29, 0.717) is 10.8 Å². The van der Waals surface area contributed by atoms with Gasteiger partial charge in [0.05, 0.1) is 0 Å². The van der Waals surface area contributed by atoms with Crippen LogP contribution >= 0.6 is 11.8 Å². The fourth-order valence-electron chi connectivity index (χ4n) is 1.44. The van der Waals surface area contributed by atoms with Gasteiger partial charge in [-0.1, -0.05) is 6.08 Å². The van der Waals surface area contributed by atoms with Crippen molar-refractivity contribution in [2.24, 2.45) is 0 Å². The SMILES string of the molecule is C=CC(C)NCC1(C)CCCS1. The highest BCUT2D eigenvalue weighted by Crippen LogP contribution is 2.36. The molecule has 1 aliphatic rings. The van der Waals surface area contributed by atoms with Gasteiger partial charge in [-0.2, -0.15) is 11.8 Å². The van der Waals surface area contributed by atoms with Gasteiger partial charge < -0.3 is 5.32 Å². The summed E-state index contributed by atoms with van der Waals surface area (Å²) in [5.41, 5.74) is 0. The van der Waals surface area contributed by atoms with E-state index in [0.717, 1.165) is 6.54 Å². The lowest BCUT2D eigenvalue weighted by Crippen LogP contribution is -2.37. The van der Waals surface area contributed by atoms with Crippen LogP contribution in [0.1, 0.15) is 26.7 Å². The first-order valence-electron chi connectivity index (χ1n) is 4.66. The van der Waals surface area contributed by atoms with E-state index in [1.54, 1.807) is 0 Å². The lowest BCUT2D eigenvalue weighted by molar-refractivity contribution is 0.517. The zero-order valence-electron chi connectivity index (χ0n) is 8.10. The Labute approximate surface area is 80.0 Å². The van der Waals surface area contributed by atoms with E-state index in [-0.39, 0.29) is 0 Å². The zero-order valence-corrected chi connectivity index (χ0v) is 8.91. The number of nitrogens with one attached hydrogen (secondary N) is 1. The van der Waals surface area contributed by atoms with Crippen molar-refractivity contribution in [3.8, 4) is 0 Å². The van der Waals surface area contributed by atoms with Crippen LogP contribution < -0.4 is 5.32 Å². The minimum Gasteiger partial charge on any atom is -0.309 e. The summed E-state index contributed by atoms with van der Waals surface area (Å²) in [5, 5.41) is 3.48. The molecule has 2 atom stereocenters. The Kier molecular flexibility index (Phi) is 3.66. The number of thioether (sulfide) groups is 1. The maximum absolute atomic E-state index is 3.76. The molecule has 1 aliphatic heterocycles. The van der Waals surface area contributed by atoms with Crippen LogP contribution in [0.3, 0.4) is 0 Å². The molecule has 0 aromatic rings. The predicted molar refractivity (Wildman–Crippen MR) is 57.8 cm³/mol. The van der Waals surface area contributed by atoms with Gasteiger partial charge in [0, 0.05) is 17.3 Å². The van der Waals surface area contributed by atoms with E-state index in [1.165, 1.54) is 18.6 Å². The Morgan fingerprint density at radius 2 is 2.50 bits per heavy atom. The van der Waals surface area contributed by atoms with Gasteiger partial charge in [0.2, 0.25) is 0 Å². The van der Waals surface area contributed by atoms with Gasteiger partial charge in [0.15, 0.2) is 0 Å². The second-order valence-corrected chi connectivity index (χ2v) is 5.49. The molecule has 0 bridgehead atoms. The highest BCUT2D eigenvalue weighted by Gasteiger charge is 2.28. The largest absolute Gasteiger partial charge is 0.309 e. The lowest BCUT2D eigenvalue weighted by Gasteiger charge is -2.24. The van der Waals surface area contributed by atoms with E-state index in [2.05, 4.69) is 37.5 Å². The first kappa shape index (κ1) is 10.1. The Bertz CT molecular complexity index is 150. The third-order valence-electron chi connectivity index (χ3n) is 2.45. The molecule has 0 aromatic carbocycles. The molecule has 0 radical (unpaired) electrons. The van der Waals surface area contributed by atoms with E-state index in [1.807, 2.05) is 6.08 Å². The standard InChI is InChI=1S/C10H19NS/c1-4-9(2)11-8-10(3)6-5-7-12-10/h4,9,11H,1,5-8H2,2-3H3. The molecule has 1 nitrogen and oxygen atoms in total. The molecule has 1 fully saturated rings. The molecule has 0 aliphatic carbocycles. The molecular formula is C10H19NS. The maximum Gasteiger partial charge on any atom is 0.0256 e. The first-order chi connectivity index (χ1) is 5.66. The molecule has 0 spiro atoms. The molecule has 1 N–H and O–H groups in total. The average molecular weight is 185 g/mol. The van der Waals surface area contributed by atoms with Crippen molar-refractivity contribution in [2.75, 3.05) is 12.3 Å². The first-order valence-corrected chi connectivity index (χ1v) is 5.65. The average Bonchev–Trinajstić information content (AvgIpc) is 2.49. The molecule has 2 heteroatoms. The van der Waals surface area contributed by atoms with Crippen LogP contribution in [-0.2, 0) is 0 Å². The summed E-state index contributed by atoms with van der Waals surface area (Å²) >= 11 is 2.10. The minimum atomic E-state index is 0.447. The Hall–Kier alpha value is 0.0500. The van der Waals surface area contributed by atoms with Crippen molar-refractivity contribution >= 4 is 11.8 Å². The molecule has 2 unspecified atom stereocenters. The van der Waals surface area contributed by atoms with Crippen molar-refractivity contribution in [2.45, 2.75) is 37.5 Å². The van der Waals surface area contributed by atoms with Crippen molar-refractivity contribution in [1.82, 2.24) is 5.32 Å². The normalized spacial score (nSPS) is 31.8. The van der Waals surface area contributed by atoms with Gasteiger partial charge in [-0.25, -0.2) is 0 Å². The van der Waals surface area contributed by atoms with Crippen LogP contribution in [0.4, 0.5) is 0 Å². The van der Waals surface area contributed by atoms with Crippen molar-refractivity contribution in [1.29, 1.82) is 0 Å². The molecule has 0 amide bonds. The molecular weight excluding hydrogens is 166 g/mol. The van der Waals surface area contributed by atoms with Crippen LogP contribution in [0.5, 0.6) is 0 Å². The Balaban J connectivity index is 2.25. The Morgan fingerprint density at radius 3 is 3.00 bits per heavy atom. The van der Waals surface area contributed by atoms with Crippen LogP contribution in [0.15, 0.2) is 12.7 Å². The van der Waals surface area contributed by atoms with Crippen LogP contribution in [0.2, 0.25) is 0 Å². The minimum absolute atomic E-state index is 0.447. The molecule has 0 saturated carbocycles. The fourth-order valence-corrected chi connectivity index (χ4v) is 2.69. The molecule has 70 valence electrons. The molecule has 0 aromatic heterocycles. The van der Waals surface area contributed by atoms with Gasteiger partial charge in [-0.05, 0) is 32.4 Å². The van der Waals surface area contributed by atoms with E-state index < -0.39 is 0 Å². The topological polar surface area (TPSA) is 12.0 Å².